The second kappa shape index (κ2) is 4.62. The fourth-order valence-corrected chi connectivity index (χ4v) is 1.54. The molecule has 0 spiro atoms. The predicted octanol–water partition coefficient (Wildman–Crippen LogP) is 2.71. The van der Waals surface area contributed by atoms with E-state index < -0.39 is 0 Å². The van der Waals surface area contributed by atoms with Gasteiger partial charge in [-0.15, -0.1) is 0 Å². The molecule has 0 radical (unpaired) electrons. The quantitative estimate of drug-likeness (QED) is 0.851. The van der Waals surface area contributed by atoms with Crippen LogP contribution >= 0.6 is 0 Å². The van der Waals surface area contributed by atoms with Gasteiger partial charge in [-0.05, 0) is 25.5 Å². The molecule has 84 valence electrons. The van der Waals surface area contributed by atoms with Crippen LogP contribution in [0.3, 0.4) is 0 Å². The van der Waals surface area contributed by atoms with Crippen LogP contribution in [-0.4, -0.2) is 9.97 Å². The van der Waals surface area contributed by atoms with E-state index >= 15 is 0 Å². The summed E-state index contributed by atoms with van der Waals surface area (Å²) < 4.78 is 0. The van der Waals surface area contributed by atoms with Crippen molar-refractivity contribution in [1.29, 1.82) is 5.26 Å². The van der Waals surface area contributed by atoms with Crippen LogP contribution in [0.25, 0.3) is 0 Å². The van der Waals surface area contributed by atoms with Gasteiger partial charge in [0.05, 0.1) is 12.4 Å². The van der Waals surface area contributed by atoms with Crippen molar-refractivity contribution in [1.82, 2.24) is 9.97 Å². The first-order valence-electron chi connectivity index (χ1n) is 5.25. The molecule has 2 aromatic rings. The third-order valence-corrected chi connectivity index (χ3v) is 2.41. The molecule has 4 heteroatoms. The number of hydrogen-bond donors (Lipinski definition) is 1. The summed E-state index contributed by atoms with van der Waals surface area (Å²) in [6, 6.07) is 8.07. The van der Waals surface area contributed by atoms with Crippen LogP contribution in [0.15, 0.2) is 30.6 Å². The number of aromatic nitrogens is 2. The Labute approximate surface area is 100.0 Å². The Hall–Kier alpha value is -2.41. The predicted molar refractivity (Wildman–Crippen MR) is 65.9 cm³/mol. The molecule has 0 unspecified atom stereocenters. The zero-order valence-electron chi connectivity index (χ0n) is 9.73. The molecule has 17 heavy (non-hydrogen) atoms. The highest BCUT2D eigenvalue weighted by Gasteiger charge is 2.01. The van der Waals surface area contributed by atoms with Crippen molar-refractivity contribution in [2.24, 2.45) is 0 Å². The summed E-state index contributed by atoms with van der Waals surface area (Å²) >= 11 is 0. The van der Waals surface area contributed by atoms with E-state index in [0.29, 0.717) is 11.5 Å². The van der Waals surface area contributed by atoms with Crippen LogP contribution in [0.5, 0.6) is 0 Å². The second-order valence-electron chi connectivity index (χ2n) is 3.84. The van der Waals surface area contributed by atoms with Crippen LogP contribution in [0, 0.1) is 25.2 Å². The Balaban J connectivity index is 2.23. The van der Waals surface area contributed by atoms with Crippen molar-refractivity contribution in [3.63, 3.8) is 0 Å². The van der Waals surface area contributed by atoms with Gasteiger partial charge in [-0.3, -0.25) is 0 Å². The normalized spacial score (nSPS) is 9.71. The van der Waals surface area contributed by atoms with Gasteiger partial charge in [0.2, 0.25) is 0 Å². The van der Waals surface area contributed by atoms with E-state index in [1.807, 2.05) is 25.1 Å². The van der Waals surface area contributed by atoms with E-state index in [9.17, 15) is 0 Å². The van der Waals surface area contributed by atoms with Crippen LogP contribution in [0.4, 0.5) is 11.5 Å². The lowest BCUT2D eigenvalue weighted by atomic mass is 10.1. The summed E-state index contributed by atoms with van der Waals surface area (Å²) in [7, 11) is 0. The van der Waals surface area contributed by atoms with E-state index in [0.717, 1.165) is 11.3 Å². The number of nitrogens with one attached hydrogen (secondary N) is 1. The first-order valence-corrected chi connectivity index (χ1v) is 5.25. The van der Waals surface area contributed by atoms with Crippen molar-refractivity contribution in [3.8, 4) is 6.07 Å². The molecule has 2 rings (SSSR count). The van der Waals surface area contributed by atoms with Crippen LogP contribution in [0.1, 0.15) is 16.8 Å². The molecule has 1 N–H and O–H groups in total. The Morgan fingerprint density at radius 3 is 2.59 bits per heavy atom. The molecule has 0 saturated heterocycles. The number of hydrogen-bond acceptors (Lipinski definition) is 4. The summed E-state index contributed by atoms with van der Waals surface area (Å²) in [5.74, 6) is 0.635. The number of aryl methyl sites for hydroxylation is 2. The zero-order chi connectivity index (χ0) is 12.3. The largest absolute Gasteiger partial charge is 0.339 e. The van der Waals surface area contributed by atoms with Gasteiger partial charge in [0, 0.05) is 5.69 Å². The molecule has 1 aromatic heterocycles. The number of anilines is 2. The van der Waals surface area contributed by atoms with Gasteiger partial charge in [-0.25, -0.2) is 9.97 Å². The smallest absolute Gasteiger partial charge is 0.158 e. The molecule has 0 fully saturated rings. The molecular weight excluding hydrogens is 212 g/mol. The Morgan fingerprint density at radius 2 is 2.00 bits per heavy atom. The fraction of sp³-hybridized carbons (Fsp3) is 0.154. The number of benzene rings is 1. The molecular formula is C13H12N4. The monoisotopic (exact) mass is 224 g/mol. The van der Waals surface area contributed by atoms with Gasteiger partial charge < -0.3 is 5.32 Å². The summed E-state index contributed by atoms with van der Waals surface area (Å²) in [4.78, 5) is 8.07. The molecule has 0 aliphatic rings. The van der Waals surface area contributed by atoms with Gasteiger partial charge in [-0.1, -0.05) is 17.7 Å². The average molecular weight is 224 g/mol. The van der Waals surface area contributed by atoms with E-state index in [4.69, 9.17) is 5.26 Å². The Morgan fingerprint density at radius 1 is 1.18 bits per heavy atom. The Kier molecular flexibility index (Phi) is 3.01. The van der Waals surface area contributed by atoms with Crippen LogP contribution in [-0.2, 0) is 0 Å². The van der Waals surface area contributed by atoms with Crippen LogP contribution < -0.4 is 5.32 Å². The lowest BCUT2D eigenvalue weighted by molar-refractivity contribution is 1.16. The minimum absolute atomic E-state index is 0.316. The highest BCUT2D eigenvalue weighted by atomic mass is 15.0. The maximum Gasteiger partial charge on any atom is 0.158 e. The molecule has 4 nitrogen and oxygen atoms in total. The number of nitriles is 1. The third kappa shape index (κ3) is 2.58. The Bertz CT molecular complexity index is 567. The summed E-state index contributed by atoms with van der Waals surface area (Å²) in [5, 5.41) is 11.8. The maximum atomic E-state index is 8.62. The highest BCUT2D eigenvalue weighted by molar-refractivity contribution is 5.60. The zero-order valence-corrected chi connectivity index (χ0v) is 9.73. The highest BCUT2D eigenvalue weighted by Crippen LogP contribution is 2.19. The van der Waals surface area contributed by atoms with E-state index in [2.05, 4.69) is 28.3 Å². The van der Waals surface area contributed by atoms with Crippen molar-refractivity contribution < 1.29 is 0 Å². The molecule has 0 bridgehead atoms. The van der Waals surface area contributed by atoms with Crippen LogP contribution in [0.2, 0.25) is 0 Å². The SMILES string of the molecule is Cc1ccc(Nc2cnc(C#N)cn2)c(C)c1. The van der Waals surface area contributed by atoms with E-state index in [1.165, 1.54) is 11.8 Å². The topological polar surface area (TPSA) is 61.6 Å². The van der Waals surface area contributed by atoms with E-state index in [1.54, 1.807) is 6.20 Å². The first kappa shape index (κ1) is 11.1. The van der Waals surface area contributed by atoms with Gasteiger partial charge in [0.1, 0.15) is 11.9 Å². The number of rotatable bonds is 2. The molecule has 0 aliphatic carbocycles. The third-order valence-electron chi connectivity index (χ3n) is 2.41. The van der Waals surface area contributed by atoms with E-state index in [-0.39, 0.29) is 0 Å². The number of nitrogens with zero attached hydrogens (tertiary/aromatic N) is 3. The average Bonchev–Trinajstić information content (AvgIpc) is 2.34. The summed E-state index contributed by atoms with van der Waals surface area (Å²) in [6.07, 6.45) is 3.00. The molecule has 1 aromatic carbocycles. The molecule has 1 heterocycles. The van der Waals surface area contributed by atoms with Gasteiger partial charge in [0.15, 0.2) is 5.69 Å². The van der Waals surface area contributed by atoms with Crippen molar-refractivity contribution in [2.45, 2.75) is 13.8 Å². The second-order valence-corrected chi connectivity index (χ2v) is 3.84. The molecule has 0 saturated carbocycles. The molecule has 0 atom stereocenters. The molecule has 0 amide bonds. The summed E-state index contributed by atoms with van der Waals surface area (Å²) in [5.41, 5.74) is 3.68. The summed E-state index contributed by atoms with van der Waals surface area (Å²) in [6.45, 7) is 4.09. The van der Waals surface area contributed by atoms with Crippen molar-refractivity contribution >= 4 is 11.5 Å². The lowest BCUT2D eigenvalue weighted by Crippen LogP contribution is -1.97. The minimum atomic E-state index is 0.316. The standard InChI is InChI=1S/C13H12N4/c1-9-3-4-12(10(2)5-9)17-13-8-15-11(6-14)7-16-13/h3-5,7-8H,1-2H3,(H,16,17). The maximum absolute atomic E-state index is 8.62. The fourth-order valence-electron chi connectivity index (χ4n) is 1.54. The molecule has 0 aliphatic heterocycles. The van der Waals surface area contributed by atoms with Crippen molar-refractivity contribution in [2.75, 3.05) is 5.32 Å². The van der Waals surface area contributed by atoms with Gasteiger partial charge in [-0.2, -0.15) is 5.26 Å². The minimum Gasteiger partial charge on any atom is -0.339 e. The van der Waals surface area contributed by atoms with Crippen molar-refractivity contribution in [3.05, 3.63) is 47.4 Å². The van der Waals surface area contributed by atoms with Gasteiger partial charge in [0.25, 0.3) is 0 Å². The first-order chi connectivity index (χ1) is 8.19. The van der Waals surface area contributed by atoms with Gasteiger partial charge >= 0.3 is 0 Å². The lowest BCUT2D eigenvalue weighted by Gasteiger charge is -2.08.